The number of carbonyl (C=O) groups excluding carboxylic acids is 2. The Morgan fingerprint density at radius 3 is 3.00 bits per heavy atom. The van der Waals surface area contributed by atoms with Gasteiger partial charge in [0, 0.05) is 28.7 Å². The van der Waals surface area contributed by atoms with Crippen molar-refractivity contribution in [3.8, 4) is 6.07 Å². The van der Waals surface area contributed by atoms with Gasteiger partial charge in [-0.3, -0.25) is 9.59 Å². The summed E-state index contributed by atoms with van der Waals surface area (Å²) in [6, 6.07) is 7.12. The number of aldehydes is 1. The first-order valence-electron chi connectivity index (χ1n) is 6.03. The molecule has 1 aromatic carbocycles. The molecule has 0 spiro atoms. The molecule has 0 atom stereocenters. The number of benzene rings is 1. The van der Waals surface area contributed by atoms with Gasteiger partial charge in [0.25, 0.3) is 0 Å². The van der Waals surface area contributed by atoms with E-state index in [-0.39, 0.29) is 18.9 Å². The van der Waals surface area contributed by atoms with Gasteiger partial charge >= 0.3 is 0 Å². The van der Waals surface area contributed by atoms with Gasteiger partial charge in [0.15, 0.2) is 6.29 Å². The van der Waals surface area contributed by atoms with E-state index in [1.54, 1.807) is 29.0 Å². The first-order chi connectivity index (χ1) is 9.65. The van der Waals surface area contributed by atoms with E-state index in [0.29, 0.717) is 17.1 Å². The first-order valence-corrected chi connectivity index (χ1v) is 6.40. The molecule has 1 heterocycles. The van der Waals surface area contributed by atoms with Crippen LogP contribution in [-0.2, 0) is 11.3 Å². The minimum atomic E-state index is -0.213. The van der Waals surface area contributed by atoms with Gasteiger partial charge in [-0.2, -0.15) is 5.26 Å². The number of hydrogen-bond donors (Lipinski definition) is 1. The number of rotatable bonds is 5. The second-order valence-corrected chi connectivity index (χ2v) is 4.69. The van der Waals surface area contributed by atoms with Crippen LogP contribution in [0.3, 0.4) is 0 Å². The summed E-state index contributed by atoms with van der Waals surface area (Å²) in [5.74, 6) is -0.213. The quantitative estimate of drug-likeness (QED) is 0.677. The zero-order valence-electron chi connectivity index (χ0n) is 10.6. The number of carbonyl (C=O) groups is 2. The highest BCUT2D eigenvalue weighted by Gasteiger charge is 2.11. The molecule has 0 saturated heterocycles. The molecule has 1 N–H and O–H groups in total. The Kier molecular flexibility index (Phi) is 4.38. The number of aromatic nitrogens is 1. The molecular formula is C14H12ClN3O2. The largest absolute Gasteiger partial charge is 0.354 e. The van der Waals surface area contributed by atoms with E-state index in [0.717, 1.165) is 17.2 Å². The van der Waals surface area contributed by atoms with Crippen molar-refractivity contribution in [2.75, 3.05) is 6.54 Å². The summed E-state index contributed by atoms with van der Waals surface area (Å²) in [4.78, 5) is 22.8. The van der Waals surface area contributed by atoms with E-state index in [2.05, 4.69) is 5.32 Å². The fraction of sp³-hybridized carbons (Fsp3) is 0.214. The molecule has 0 aliphatic heterocycles. The van der Waals surface area contributed by atoms with Crippen LogP contribution in [0.5, 0.6) is 0 Å². The van der Waals surface area contributed by atoms with Crippen LogP contribution in [0.15, 0.2) is 24.4 Å². The van der Waals surface area contributed by atoms with Crippen LogP contribution in [0, 0.1) is 11.3 Å². The SMILES string of the molecule is N#CCCNC(=O)Cn1cc(C=O)c2ccc(Cl)cc21. The Hall–Kier alpha value is -2.32. The highest BCUT2D eigenvalue weighted by molar-refractivity contribution is 6.31. The number of nitrogens with one attached hydrogen (secondary N) is 1. The zero-order valence-corrected chi connectivity index (χ0v) is 11.4. The third-order valence-electron chi connectivity index (χ3n) is 2.88. The maximum Gasteiger partial charge on any atom is 0.239 e. The van der Waals surface area contributed by atoms with E-state index in [1.165, 1.54) is 0 Å². The maximum atomic E-state index is 11.8. The van der Waals surface area contributed by atoms with Gasteiger partial charge in [0.1, 0.15) is 6.54 Å². The summed E-state index contributed by atoms with van der Waals surface area (Å²) in [6.45, 7) is 0.395. The van der Waals surface area contributed by atoms with Crippen molar-refractivity contribution in [3.05, 3.63) is 35.0 Å². The van der Waals surface area contributed by atoms with Crippen molar-refractivity contribution in [1.29, 1.82) is 5.26 Å². The van der Waals surface area contributed by atoms with E-state index < -0.39 is 0 Å². The van der Waals surface area contributed by atoms with Crippen molar-refractivity contribution in [2.24, 2.45) is 0 Å². The van der Waals surface area contributed by atoms with Crippen LogP contribution < -0.4 is 5.32 Å². The normalized spacial score (nSPS) is 10.2. The number of hydrogen-bond acceptors (Lipinski definition) is 3. The highest BCUT2D eigenvalue weighted by atomic mass is 35.5. The monoisotopic (exact) mass is 289 g/mol. The summed E-state index contributed by atoms with van der Waals surface area (Å²) in [6.07, 6.45) is 2.64. The summed E-state index contributed by atoms with van der Waals surface area (Å²) >= 11 is 5.94. The minimum absolute atomic E-state index is 0.0795. The van der Waals surface area contributed by atoms with Gasteiger partial charge in [-0.1, -0.05) is 17.7 Å². The van der Waals surface area contributed by atoms with Crippen molar-refractivity contribution < 1.29 is 9.59 Å². The van der Waals surface area contributed by atoms with Crippen LogP contribution in [0.1, 0.15) is 16.8 Å². The zero-order chi connectivity index (χ0) is 14.5. The Bertz CT molecular complexity index is 700. The van der Waals surface area contributed by atoms with E-state index in [4.69, 9.17) is 16.9 Å². The van der Waals surface area contributed by atoms with Gasteiger partial charge < -0.3 is 9.88 Å². The predicted octanol–water partition coefficient (Wildman–Crippen LogP) is 2.14. The molecule has 2 aromatic rings. The van der Waals surface area contributed by atoms with Crippen LogP contribution in [0.2, 0.25) is 5.02 Å². The molecule has 1 amide bonds. The van der Waals surface area contributed by atoms with Crippen molar-refractivity contribution >= 4 is 34.7 Å². The standard InChI is InChI=1S/C14H12ClN3O2/c15-11-2-3-12-10(9-19)7-18(13(12)6-11)8-14(20)17-5-1-4-16/h2-3,6-7,9H,1,5,8H2,(H,17,20). The fourth-order valence-corrected chi connectivity index (χ4v) is 2.15. The van der Waals surface area contributed by atoms with Gasteiger partial charge in [-0.15, -0.1) is 0 Å². The van der Waals surface area contributed by atoms with Crippen molar-refractivity contribution in [3.63, 3.8) is 0 Å². The number of amides is 1. The Labute approximate surface area is 120 Å². The number of nitrogens with zero attached hydrogens (tertiary/aromatic N) is 2. The van der Waals surface area contributed by atoms with Gasteiger partial charge in [-0.05, 0) is 12.1 Å². The third-order valence-corrected chi connectivity index (χ3v) is 3.11. The van der Waals surface area contributed by atoms with E-state index in [1.807, 2.05) is 6.07 Å². The summed E-state index contributed by atoms with van der Waals surface area (Å²) in [7, 11) is 0. The predicted molar refractivity (Wildman–Crippen MR) is 75.6 cm³/mol. The molecule has 0 radical (unpaired) electrons. The fourth-order valence-electron chi connectivity index (χ4n) is 1.99. The van der Waals surface area contributed by atoms with Gasteiger partial charge in [0.2, 0.25) is 5.91 Å². The molecule has 20 heavy (non-hydrogen) atoms. The molecule has 2 rings (SSSR count). The minimum Gasteiger partial charge on any atom is -0.354 e. The topological polar surface area (TPSA) is 74.9 Å². The van der Waals surface area contributed by atoms with Crippen LogP contribution in [0.4, 0.5) is 0 Å². The molecule has 0 aliphatic carbocycles. The summed E-state index contributed by atoms with van der Waals surface area (Å²) < 4.78 is 1.67. The Morgan fingerprint density at radius 1 is 1.50 bits per heavy atom. The molecule has 6 heteroatoms. The molecule has 0 saturated carbocycles. The highest BCUT2D eigenvalue weighted by Crippen LogP contribution is 2.23. The second-order valence-electron chi connectivity index (χ2n) is 4.25. The lowest BCUT2D eigenvalue weighted by Gasteiger charge is -2.06. The molecule has 0 fully saturated rings. The van der Waals surface area contributed by atoms with E-state index >= 15 is 0 Å². The first kappa shape index (κ1) is 14.1. The Morgan fingerprint density at radius 2 is 2.30 bits per heavy atom. The number of nitriles is 1. The molecular weight excluding hydrogens is 278 g/mol. The van der Waals surface area contributed by atoms with Gasteiger partial charge in [-0.25, -0.2) is 0 Å². The van der Waals surface area contributed by atoms with Crippen molar-refractivity contribution in [2.45, 2.75) is 13.0 Å². The van der Waals surface area contributed by atoms with Crippen LogP contribution in [0.25, 0.3) is 10.9 Å². The molecule has 5 nitrogen and oxygen atoms in total. The molecule has 0 bridgehead atoms. The lowest BCUT2D eigenvalue weighted by atomic mass is 10.2. The second kappa shape index (κ2) is 6.22. The van der Waals surface area contributed by atoms with Crippen molar-refractivity contribution in [1.82, 2.24) is 9.88 Å². The lowest BCUT2D eigenvalue weighted by Crippen LogP contribution is -2.28. The van der Waals surface area contributed by atoms with E-state index in [9.17, 15) is 9.59 Å². The Balaban J connectivity index is 2.25. The maximum absolute atomic E-state index is 11.8. The van der Waals surface area contributed by atoms with Crippen LogP contribution in [-0.4, -0.2) is 23.3 Å². The molecule has 0 unspecified atom stereocenters. The molecule has 0 aliphatic rings. The average Bonchev–Trinajstić information content (AvgIpc) is 2.76. The van der Waals surface area contributed by atoms with Crippen LogP contribution >= 0.6 is 11.6 Å². The molecule has 1 aromatic heterocycles. The average molecular weight is 290 g/mol. The third kappa shape index (κ3) is 2.98. The summed E-state index contributed by atoms with van der Waals surface area (Å²) in [5, 5.41) is 12.4. The summed E-state index contributed by atoms with van der Waals surface area (Å²) in [5.41, 5.74) is 1.25. The van der Waals surface area contributed by atoms with Gasteiger partial charge in [0.05, 0.1) is 18.0 Å². The number of fused-ring (bicyclic) bond motifs is 1. The number of halogens is 1. The lowest BCUT2D eigenvalue weighted by molar-refractivity contribution is -0.121. The smallest absolute Gasteiger partial charge is 0.239 e. The molecule has 102 valence electrons.